The highest BCUT2D eigenvalue weighted by atomic mass is 35.5. The Morgan fingerprint density at radius 2 is 1.70 bits per heavy atom. The van der Waals surface area contributed by atoms with Gasteiger partial charge in [0, 0.05) is 15.5 Å². The summed E-state index contributed by atoms with van der Waals surface area (Å²) >= 11 is 8.27. The van der Waals surface area contributed by atoms with E-state index in [-0.39, 0.29) is 0 Å². The van der Waals surface area contributed by atoms with Crippen LogP contribution in [-0.2, 0) is 0 Å². The molecule has 114 valence electrons. The van der Waals surface area contributed by atoms with Crippen molar-refractivity contribution in [2.45, 2.75) is 13.8 Å². The third-order valence-electron chi connectivity index (χ3n) is 4.10. The van der Waals surface area contributed by atoms with Crippen molar-refractivity contribution in [3.63, 3.8) is 0 Å². The predicted molar refractivity (Wildman–Crippen MR) is 104 cm³/mol. The van der Waals surface area contributed by atoms with Gasteiger partial charge in [-0.1, -0.05) is 48.0 Å². The van der Waals surface area contributed by atoms with Crippen LogP contribution in [0.1, 0.15) is 11.1 Å². The summed E-state index contributed by atoms with van der Waals surface area (Å²) in [6.45, 7) is 4.15. The first-order valence-corrected chi connectivity index (χ1v) is 8.77. The topological polar surface area (TPSA) is 12.0 Å². The van der Waals surface area contributed by atoms with E-state index in [1.165, 1.54) is 25.7 Å². The van der Waals surface area contributed by atoms with Crippen LogP contribution in [0.5, 0.6) is 0 Å². The van der Waals surface area contributed by atoms with Gasteiger partial charge in [0.1, 0.15) is 0 Å². The van der Waals surface area contributed by atoms with E-state index < -0.39 is 0 Å². The number of hydrogen-bond acceptors (Lipinski definition) is 2. The second-order valence-corrected chi connectivity index (χ2v) is 7.30. The third-order valence-corrected chi connectivity index (χ3v) is 5.61. The Labute approximate surface area is 144 Å². The van der Waals surface area contributed by atoms with Crippen LogP contribution in [-0.4, -0.2) is 0 Å². The van der Waals surface area contributed by atoms with Gasteiger partial charge in [0.25, 0.3) is 0 Å². The van der Waals surface area contributed by atoms with E-state index >= 15 is 0 Å². The van der Waals surface area contributed by atoms with Gasteiger partial charge in [0.15, 0.2) is 0 Å². The van der Waals surface area contributed by atoms with E-state index in [1.54, 1.807) is 0 Å². The summed E-state index contributed by atoms with van der Waals surface area (Å²) in [5, 5.41) is 6.91. The lowest BCUT2D eigenvalue weighted by Crippen LogP contribution is -1.95. The number of halogens is 1. The minimum absolute atomic E-state index is 0.764. The minimum Gasteiger partial charge on any atom is -0.353 e. The molecule has 1 aromatic heterocycles. The summed E-state index contributed by atoms with van der Waals surface area (Å²) in [7, 11) is 0. The van der Waals surface area contributed by atoms with Gasteiger partial charge in [-0.3, -0.25) is 0 Å². The van der Waals surface area contributed by atoms with Crippen molar-refractivity contribution in [3.05, 3.63) is 70.7 Å². The lowest BCUT2D eigenvalue weighted by Gasteiger charge is -2.13. The zero-order valence-corrected chi connectivity index (χ0v) is 14.6. The molecule has 3 aromatic carbocycles. The Balaban J connectivity index is 1.90. The van der Waals surface area contributed by atoms with Crippen molar-refractivity contribution in [1.29, 1.82) is 0 Å². The summed E-state index contributed by atoms with van der Waals surface area (Å²) in [5.41, 5.74) is 4.44. The quantitative estimate of drug-likeness (QED) is 0.412. The molecule has 4 rings (SSSR count). The zero-order valence-electron chi connectivity index (χ0n) is 13.0. The highest BCUT2D eigenvalue weighted by Gasteiger charge is 2.11. The van der Waals surface area contributed by atoms with Gasteiger partial charge in [0.05, 0.1) is 21.1 Å². The maximum Gasteiger partial charge on any atom is 0.0646 e. The van der Waals surface area contributed by atoms with Crippen LogP contribution in [0.25, 0.3) is 20.2 Å². The number of nitrogens with one attached hydrogen (secondary N) is 1. The minimum atomic E-state index is 0.764. The molecule has 0 aliphatic carbocycles. The summed E-state index contributed by atoms with van der Waals surface area (Å²) in [4.78, 5) is 0. The predicted octanol–water partition coefficient (Wildman–Crippen LogP) is 7.07. The van der Waals surface area contributed by atoms with Crippen molar-refractivity contribution in [2.75, 3.05) is 5.32 Å². The molecule has 3 heteroatoms. The molecule has 0 radical (unpaired) electrons. The first-order chi connectivity index (χ1) is 11.1. The molecule has 0 saturated heterocycles. The Bertz CT molecular complexity index is 1010. The van der Waals surface area contributed by atoms with Crippen molar-refractivity contribution < 1.29 is 0 Å². The zero-order chi connectivity index (χ0) is 16.0. The van der Waals surface area contributed by atoms with Crippen LogP contribution in [0.3, 0.4) is 0 Å². The Morgan fingerprint density at radius 1 is 0.913 bits per heavy atom. The van der Waals surface area contributed by atoms with Crippen molar-refractivity contribution in [1.82, 2.24) is 0 Å². The average Bonchev–Trinajstić information content (AvgIpc) is 2.90. The number of aryl methyl sites for hydroxylation is 2. The maximum atomic E-state index is 6.46. The molecule has 0 fully saturated rings. The van der Waals surface area contributed by atoms with Gasteiger partial charge in [-0.15, -0.1) is 11.3 Å². The fourth-order valence-corrected chi connectivity index (χ4v) is 4.59. The molecule has 0 spiro atoms. The highest BCUT2D eigenvalue weighted by Crippen LogP contribution is 2.40. The molecule has 0 unspecified atom stereocenters. The van der Waals surface area contributed by atoms with E-state index in [0.717, 1.165) is 22.0 Å². The standard InChI is InChI=1S/C20H16ClNS/c1-12-10-13(2)19(16(21)11-12)22-17-8-5-7-15-14-6-3-4-9-18(14)23-20(15)17/h3-11,22H,1-2H3. The normalized spacial score (nSPS) is 11.3. The molecule has 23 heavy (non-hydrogen) atoms. The third kappa shape index (κ3) is 2.48. The smallest absolute Gasteiger partial charge is 0.0646 e. The lowest BCUT2D eigenvalue weighted by molar-refractivity contribution is 1.37. The van der Waals surface area contributed by atoms with Gasteiger partial charge in [-0.05, 0) is 43.2 Å². The number of hydrogen-bond donors (Lipinski definition) is 1. The van der Waals surface area contributed by atoms with E-state index in [4.69, 9.17) is 11.6 Å². The molecule has 0 atom stereocenters. The van der Waals surface area contributed by atoms with Crippen LogP contribution in [0.2, 0.25) is 5.02 Å². The molecule has 0 saturated carbocycles. The number of rotatable bonds is 2. The molecule has 1 heterocycles. The van der Waals surface area contributed by atoms with E-state index in [1.807, 2.05) is 17.4 Å². The van der Waals surface area contributed by atoms with Gasteiger partial charge < -0.3 is 5.32 Å². The number of benzene rings is 3. The van der Waals surface area contributed by atoms with Crippen LogP contribution < -0.4 is 5.32 Å². The average molecular weight is 338 g/mol. The number of thiophene rings is 1. The molecule has 1 N–H and O–H groups in total. The van der Waals surface area contributed by atoms with Gasteiger partial charge in [-0.25, -0.2) is 0 Å². The number of fused-ring (bicyclic) bond motifs is 3. The highest BCUT2D eigenvalue weighted by molar-refractivity contribution is 7.26. The fraction of sp³-hybridized carbons (Fsp3) is 0.100. The summed E-state index contributed by atoms with van der Waals surface area (Å²) in [5.74, 6) is 0. The van der Waals surface area contributed by atoms with E-state index in [0.29, 0.717) is 0 Å². The molecule has 0 aliphatic rings. The molecular formula is C20H16ClNS. The monoisotopic (exact) mass is 337 g/mol. The lowest BCUT2D eigenvalue weighted by atomic mass is 10.1. The molecule has 0 bridgehead atoms. The number of anilines is 2. The first kappa shape index (κ1) is 14.6. The molecular weight excluding hydrogens is 322 g/mol. The van der Waals surface area contributed by atoms with Gasteiger partial charge >= 0.3 is 0 Å². The first-order valence-electron chi connectivity index (χ1n) is 7.57. The molecule has 1 nitrogen and oxygen atoms in total. The molecule has 0 amide bonds. The SMILES string of the molecule is Cc1cc(C)c(Nc2cccc3c2sc2ccccc23)c(Cl)c1. The Kier molecular flexibility index (Phi) is 3.51. The maximum absolute atomic E-state index is 6.46. The Morgan fingerprint density at radius 3 is 2.52 bits per heavy atom. The fourth-order valence-electron chi connectivity index (χ4n) is 3.05. The second kappa shape index (κ2) is 5.55. The van der Waals surface area contributed by atoms with Crippen LogP contribution in [0.4, 0.5) is 11.4 Å². The van der Waals surface area contributed by atoms with Crippen LogP contribution in [0.15, 0.2) is 54.6 Å². The molecule has 4 aromatic rings. The van der Waals surface area contributed by atoms with Gasteiger partial charge in [-0.2, -0.15) is 0 Å². The van der Waals surface area contributed by atoms with Crippen LogP contribution in [0, 0.1) is 13.8 Å². The summed E-state index contributed by atoms with van der Waals surface area (Å²) in [6, 6.07) is 19.1. The Hall–Kier alpha value is -2.03. The summed E-state index contributed by atoms with van der Waals surface area (Å²) < 4.78 is 2.58. The largest absolute Gasteiger partial charge is 0.353 e. The van der Waals surface area contributed by atoms with Crippen molar-refractivity contribution in [2.24, 2.45) is 0 Å². The van der Waals surface area contributed by atoms with E-state index in [2.05, 4.69) is 67.7 Å². The molecule has 0 aliphatic heterocycles. The van der Waals surface area contributed by atoms with Crippen LogP contribution >= 0.6 is 22.9 Å². The summed E-state index contributed by atoms with van der Waals surface area (Å²) in [6.07, 6.45) is 0. The van der Waals surface area contributed by atoms with Crippen molar-refractivity contribution >= 4 is 54.5 Å². The second-order valence-electron chi connectivity index (χ2n) is 5.84. The van der Waals surface area contributed by atoms with Gasteiger partial charge in [0.2, 0.25) is 0 Å². The van der Waals surface area contributed by atoms with Crippen molar-refractivity contribution in [3.8, 4) is 0 Å². The van der Waals surface area contributed by atoms with E-state index in [9.17, 15) is 0 Å².